The first-order valence-electron chi connectivity index (χ1n) is 4.51. The molecule has 0 spiro atoms. The van der Waals surface area contributed by atoms with E-state index in [0.29, 0.717) is 6.54 Å². The number of aromatic nitrogens is 1. The minimum atomic E-state index is 0.641. The van der Waals surface area contributed by atoms with E-state index in [2.05, 4.69) is 11.9 Å². The summed E-state index contributed by atoms with van der Waals surface area (Å²) in [5, 5.41) is 0.941. The number of nitrogens with two attached hydrogens (primary N) is 1. The average Bonchev–Trinajstić information content (AvgIpc) is 2.76. The van der Waals surface area contributed by atoms with Gasteiger partial charge in [0.25, 0.3) is 0 Å². The SMILES string of the molecule is Cc1sc(-c2ccco2)nc1CCN. The first-order chi connectivity index (χ1) is 6.81. The molecule has 3 nitrogen and oxygen atoms in total. The molecule has 0 atom stereocenters. The monoisotopic (exact) mass is 208 g/mol. The van der Waals surface area contributed by atoms with E-state index >= 15 is 0 Å². The van der Waals surface area contributed by atoms with Crippen LogP contribution >= 0.6 is 11.3 Å². The van der Waals surface area contributed by atoms with Gasteiger partial charge in [-0.3, -0.25) is 0 Å². The maximum Gasteiger partial charge on any atom is 0.162 e. The Bertz CT molecular complexity index is 406. The van der Waals surface area contributed by atoms with E-state index in [0.717, 1.165) is 22.9 Å². The molecule has 0 amide bonds. The Labute approximate surface area is 86.6 Å². The lowest BCUT2D eigenvalue weighted by Crippen LogP contribution is -2.03. The highest BCUT2D eigenvalue weighted by molar-refractivity contribution is 7.15. The van der Waals surface area contributed by atoms with Crippen molar-refractivity contribution in [3.8, 4) is 10.8 Å². The van der Waals surface area contributed by atoms with E-state index in [4.69, 9.17) is 10.2 Å². The number of thiazole rings is 1. The zero-order chi connectivity index (χ0) is 9.97. The van der Waals surface area contributed by atoms with Gasteiger partial charge >= 0.3 is 0 Å². The fraction of sp³-hybridized carbons (Fsp3) is 0.300. The molecule has 74 valence electrons. The largest absolute Gasteiger partial charge is 0.462 e. The van der Waals surface area contributed by atoms with Crippen molar-refractivity contribution in [1.29, 1.82) is 0 Å². The summed E-state index contributed by atoms with van der Waals surface area (Å²) in [5.41, 5.74) is 6.59. The molecule has 0 aliphatic carbocycles. The molecule has 0 unspecified atom stereocenters. The zero-order valence-electron chi connectivity index (χ0n) is 7.99. The van der Waals surface area contributed by atoms with Crippen LogP contribution in [0.1, 0.15) is 10.6 Å². The van der Waals surface area contributed by atoms with E-state index in [1.165, 1.54) is 4.88 Å². The molecule has 2 rings (SSSR count). The lowest BCUT2D eigenvalue weighted by Gasteiger charge is -1.91. The first kappa shape index (κ1) is 9.43. The highest BCUT2D eigenvalue weighted by Crippen LogP contribution is 2.27. The fourth-order valence-corrected chi connectivity index (χ4v) is 2.23. The molecule has 0 fully saturated rings. The molecule has 2 heterocycles. The molecule has 2 aromatic heterocycles. The summed E-state index contributed by atoms with van der Waals surface area (Å²) in [7, 11) is 0. The maximum absolute atomic E-state index is 5.50. The predicted octanol–water partition coefficient (Wildman–Crippen LogP) is 2.21. The summed E-state index contributed by atoms with van der Waals surface area (Å²) in [6, 6.07) is 3.79. The van der Waals surface area contributed by atoms with Crippen molar-refractivity contribution in [2.75, 3.05) is 6.54 Å². The Morgan fingerprint density at radius 1 is 1.57 bits per heavy atom. The standard InChI is InChI=1S/C10H12N2OS/c1-7-8(4-5-11)12-10(14-7)9-3-2-6-13-9/h2-3,6H,4-5,11H2,1H3. The third kappa shape index (κ3) is 1.71. The van der Waals surface area contributed by atoms with Crippen LogP contribution in [0.15, 0.2) is 22.8 Å². The molecule has 2 N–H and O–H groups in total. The van der Waals surface area contributed by atoms with Crippen LogP contribution < -0.4 is 5.73 Å². The van der Waals surface area contributed by atoms with Crippen LogP contribution in [-0.4, -0.2) is 11.5 Å². The molecule has 2 aromatic rings. The van der Waals surface area contributed by atoms with Crippen LogP contribution in [0, 0.1) is 6.92 Å². The van der Waals surface area contributed by atoms with Crippen LogP contribution in [0.4, 0.5) is 0 Å². The van der Waals surface area contributed by atoms with Gasteiger partial charge in [-0.2, -0.15) is 0 Å². The van der Waals surface area contributed by atoms with Crippen molar-refractivity contribution in [2.45, 2.75) is 13.3 Å². The third-order valence-corrected chi connectivity index (χ3v) is 3.03. The van der Waals surface area contributed by atoms with E-state index in [1.54, 1.807) is 17.6 Å². The van der Waals surface area contributed by atoms with Gasteiger partial charge < -0.3 is 10.2 Å². The molecular weight excluding hydrogens is 196 g/mol. The Morgan fingerprint density at radius 3 is 3.07 bits per heavy atom. The van der Waals surface area contributed by atoms with Gasteiger partial charge in [-0.1, -0.05) is 0 Å². The quantitative estimate of drug-likeness (QED) is 0.841. The lowest BCUT2D eigenvalue weighted by atomic mass is 10.3. The topological polar surface area (TPSA) is 52.0 Å². The van der Waals surface area contributed by atoms with Gasteiger partial charge in [0.15, 0.2) is 10.8 Å². The van der Waals surface area contributed by atoms with Crippen molar-refractivity contribution in [1.82, 2.24) is 4.98 Å². The Kier molecular flexibility index (Phi) is 2.65. The zero-order valence-corrected chi connectivity index (χ0v) is 8.80. The van der Waals surface area contributed by atoms with Gasteiger partial charge in [-0.15, -0.1) is 11.3 Å². The highest BCUT2D eigenvalue weighted by Gasteiger charge is 2.10. The lowest BCUT2D eigenvalue weighted by molar-refractivity contribution is 0.581. The fourth-order valence-electron chi connectivity index (χ4n) is 1.30. The molecule has 0 aliphatic heterocycles. The second-order valence-corrected chi connectivity index (χ2v) is 4.24. The molecule has 0 radical (unpaired) electrons. The highest BCUT2D eigenvalue weighted by atomic mass is 32.1. The molecular formula is C10H12N2OS. The summed E-state index contributed by atoms with van der Waals surface area (Å²) in [6.07, 6.45) is 2.50. The smallest absolute Gasteiger partial charge is 0.162 e. The van der Waals surface area contributed by atoms with E-state index in [-0.39, 0.29) is 0 Å². The number of hydrogen-bond acceptors (Lipinski definition) is 4. The van der Waals surface area contributed by atoms with Gasteiger partial charge in [0.1, 0.15) is 0 Å². The average molecular weight is 208 g/mol. The van der Waals surface area contributed by atoms with Crippen molar-refractivity contribution >= 4 is 11.3 Å². The predicted molar refractivity (Wildman–Crippen MR) is 57.3 cm³/mol. The number of nitrogens with zero attached hydrogens (tertiary/aromatic N) is 1. The molecule has 4 heteroatoms. The summed E-state index contributed by atoms with van der Waals surface area (Å²) in [5.74, 6) is 0.835. The number of aryl methyl sites for hydroxylation is 1. The van der Waals surface area contributed by atoms with Crippen LogP contribution in [0.3, 0.4) is 0 Å². The van der Waals surface area contributed by atoms with Crippen LogP contribution in [0.2, 0.25) is 0 Å². The van der Waals surface area contributed by atoms with Gasteiger partial charge in [0.2, 0.25) is 0 Å². The van der Waals surface area contributed by atoms with Crippen LogP contribution in [-0.2, 0) is 6.42 Å². The second kappa shape index (κ2) is 3.94. The molecule has 0 saturated carbocycles. The minimum absolute atomic E-state index is 0.641. The minimum Gasteiger partial charge on any atom is -0.462 e. The number of hydrogen-bond donors (Lipinski definition) is 1. The summed E-state index contributed by atoms with van der Waals surface area (Å²) in [4.78, 5) is 5.71. The maximum atomic E-state index is 5.50. The molecule has 0 aliphatic rings. The normalized spacial score (nSPS) is 10.7. The van der Waals surface area contributed by atoms with Crippen molar-refractivity contribution in [3.63, 3.8) is 0 Å². The van der Waals surface area contributed by atoms with Crippen LogP contribution in [0.5, 0.6) is 0 Å². The third-order valence-electron chi connectivity index (χ3n) is 2.01. The first-order valence-corrected chi connectivity index (χ1v) is 5.33. The van der Waals surface area contributed by atoms with E-state index < -0.39 is 0 Å². The van der Waals surface area contributed by atoms with E-state index in [9.17, 15) is 0 Å². The second-order valence-electron chi connectivity index (χ2n) is 3.04. The Morgan fingerprint density at radius 2 is 2.43 bits per heavy atom. The van der Waals surface area contributed by atoms with Gasteiger partial charge in [0, 0.05) is 11.3 Å². The summed E-state index contributed by atoms with van der Waals surface area (Å²) < 4.78 is 5.28. The molecule has 14 heavy (non-hydrogen) atoms. The van der Waals surface area contributed by atoms with Crippen molar-refractivity contribution < 1.29 is 4.42 Å². The molecule has 0 aromatic carbocycles. The Balaban J connectivity index is 2.33. The Hall–Kier alpha value is -1.13. The molecule has 0 saturated heterocycles. The summed E-state index contributed by atoms with van der Waals surface area (Å²) in [6.45, 7) is 2.71. The van der Waals surface area contributed by atoms with Crippen molar-refractivity contribution in [2.24, 2.45) is 5.73 Å². The number of rotatable bonds is 3. The van der Waals surface area contributed by atoms with Gasteiger partial charge in [-0.05, 0) is 25.6 Å². The molecule has 0 bridgehead atoms. The van der Waals surface area contributed by atoms with Crippen molar-refractivity contribution in [3.05, 3.63) is 29.0 Å². The van der Waals surface area contributed by atoms with Crippen LogP contribution in [0.25, 0.3) is 10.8 Å². The van der Waals surface area contributed by atoms with Gasteiger partial charge in [-0.25, -0.2) is 4.98 Å². The van der Waals surface area contributed by atoms with Gasteiger partial charge in [0.05, 0.1) is 12.0 Å². The van der Waals surface area contributed by atoms with E-state index in [1.807, 2.05) is 12.1 Å². The summed E-state index contributed by atoms with van der Waals surface area (Å²) >= 11 is 1.65. The number of furan rings is 1.